The quantitative estimate of drug-likeness (QED) is 0.800. The lowest BCUT2D eigenvalue weighted by Gasteiger charge is -2.11. The number of carbonyl (C=O) groups excluding carboxylic acids is 1. The van der Waals surface area contributed by atoms with E-state index in [4.69, 9.17) is 5.11 Å². The summed E-state index contributed by atoms with van der Waals surface area (Å²) in [6.07, 6.45) is 0. The van der Waals surface area contributed by atoms with Gasteiger partial charge >= 0.3 is 5.97 Å². The first-order valence-electron chi connectivity index (χ1n) is 4.50. The van der Waals surface area contributed by atoms with Crippen LogP contribution in [0.5, 0.6) is 0 Å². The largest absolute Gasteiger partial charge is 0.478 e. The maximum atomic E-state index is 10.9. The van der Waals surface area contributed by atoms with Gasteiger partial charge in [-0.1, -0.05) is 23.9 Å². The van der Waals surface area contributed by atoms with E-state index in [2.05, 4.69) is 10.5 Å². The molecule has 0 fully saturated rings. The predicted octanol–water partition coefficient (Wildman–Crippen LogP) is 0.909. The van der Waals surface area contributed by atoms with Gasteiger partial charge in [0.05, 0.1) is 11.3 Å². The Hall–Kier alpha value is -1.82. The molecule has 0 spiro atoms. The number of rotatable bonds is 2. The van der Waals surface area contributed by atoms with Gasteiger partial charge in [0.15, 0.2) is 0 Å². The van der Waals surface area contributed by atoms with Crippen molar-refractivity contribution >= 4 is 28.7 Å². The van der Waals surface area contributed by atoms with Crippen molar-refractivity contribution in [3.05, 3.63) is 35.4 Å². The van der Waals surface area contributed by atoms with Gasteiger partial charge in [-0.3, -0.25) is 4.79 Å². The van der Waals surface area contributed by atoms with E-state index in [-0.39, 0.29) is 11.5 Å². The molecule has 0 aromatic heterocycles. The van der Waals surface area contributed by atoms with Gasteiger partial charge in [0.1, 0.15) is 5.04 Å². The first-order chi connectivity index (χ1) is 7.66. The van der Waals surface area contributed by atoms with Gasteiger partial charge < -0.3 is 5.11 Å². The molecule has 0 saturated carbocycles. The summed E-state index contributed by atoms with van der Waals surface area (Å²) in [4.78, 5) is 21.5. The molecule has 2 N–H and O–H groups in total. The van der Waals surface area contributed by atoms with Crippen molar-refractivity contribution in [3.63, 3.8) is 0 Å². The number of benzene rings is 1. The van der Waals surface area contributed by atoms with Crippen LogP contribution in [0.2, 0.25) is 0 Å². The number of nitrogens with one attached hydrogen (secondary N) is 1. The molecule has 82 valence electrons. The molecule has 1 aliphatic heterocycles. The minimum atomic E-state index is -0.960. The Labute approximate surface area is 95.5 Å². The van der Waals surface area contributed by atoms with Crippen molar-refractivity contribution in [2.45, 2.75) is 0 Å². The fourth-order valence-electron chi connectivity index (χ4n) is 1.21. The van der Waals surface area contributed by atoms with E-state index in [9.17, 15) is 9.59 Å². The smallest absolute Gasteiger partial charge is 0.335 e. The number of carboxylic acids is 1. The van der Waals surface area contributed by atoms with Crippen LogP contribution in [0.3, 0.4) is 0 Å². The maximum Gasteiger partial charge on any atom is 0.335 e. The van der Waals surface area contributed by atoms with Gasteiger partial charge in [-0.25, -0.2) is 10.2 Å². The monoisotopic (exact) mass is 236 g/mol. The van der Waals surface area contributed by atoms with Gasteiger partial charge in [-0.2, -0.15) is 5.10 Å². The number of carbonyl (C=O) groups is 2. The van der Waals surface area contributed by atoms with Gasteiger partial charge in [-0.15, -0.1) is 0 Å². The standard InChI is InChI=1S/C10H8N2O3S/c13-8-5-16-9(12-11-8)6-1-3-7(4-2-6)10(14)15/h1-4H,5H2,(H,11,13)(H,14,15). The molecule has 1 aromatic rings. The summed E-state index contributed by atoms with van der Waals surface area (Å²) in [7, 11) is 0. The molecule has 16 heavy (non-hydrogen) atoms. The molecule has 1 aromatic carbocycles. The van der Waals surface area contributed by atoms with Crippen molar-refractivity contribution in [1.82, 2.24) is 5.43 Å². The molecule has 0 aliphatic carbocycles. The zero-order chi connectivity index (χ0) is 11.5. The molecule has 1 aliphatic rings. The van der Waals surface area contributed by atoms with E-state index in [0.717, 1.165) is 5.56 Å². The highest BCUT2D eigenvalue weighted by Gasteiger charge is 2.14. The topological polar surface area (TPSA) is 78.8 Å². The Kier molecular flexibility index (Phi) is 2.91. The summed E-state index contributed by atoms with van der Waals surface area (Å²) >= 11 is 1.33. The number of hydrazone groups is 1. The second-order valence-electron chi connectivity index (χ2n) is 3.12. The third-order valence-corrected chi connectivity index (χ3v) is 3.01. The number of thioether (sulfide) groups is 1. The summed E-state index contributed by atoms with van der Waals surface area (Å²) in [6.45, 7) is 0. The second-order valence-corrected chi connectivity index (χ2v) is 4.09. The highest BCUT2D eigenvalue weighted by molar-refractivity contribution is 8.15. The summed E-state index contributed by atoms with van der Waals surface area (Å²) in [5, 5.41) is 13.3. The minimum Gasteiger partial charge on any atom is -0.478 e. The van der Waals surface area contributed by atoms with Crippen LogP contribution in [0, 0.1) is 0 Å². The SMILES string of the molecule is O=C1CSC(c2ccc(C(=O)O)cc2)=NN1. The van der Waals surface area contributed by atoms with Crippen LogP contribution in [0.15, 0.2) is 29.4 Å². The van der Waals surface area contributed by atoms with Crippen LogP contribution < -0.4 is 5.43 Å². The van der Waals surface area contributed by atoms with Crippen LogP contribution in [0.4, 0.5) is 0 Å². The van der Waals surface area contributed by atoms with E-state index in [1.165, 1.54) is 23.9 Å². The van der Waals surface area contributed by atoms with Gasteiger partial charge in [0.25, 0.3) is 5.91 Å². The average molecular weight is 236 g/mol. The van der Waals surface area contributed by atoms with E-state index >= 15 is 0 Å². The number of nitrogens with zero attached hydrogens (tertiary/aromatic N) is 1. The molecular formula is C10H8N2O3S. The molecule has 0 bridgehead atoms. The van der Waals surface area contributed by atoms with Crippen LogP contribution in [-0.2, 0) is 4.79 Å². The summed E-state index contributed by atoms with van der Waals surface area (Å²) in [5.74, 6) is -0.756. The molecule has 6 heteroatoms. The summed E-state index contributed by atoms with van der Waals surface area (Å²) in [5.41, 5.74) is 3.41. The Morgan fingerprint density at radius 1 is 1.38 bits per heavy atom. The molecule has 5 nitrogen and oxygen atoms in total. The van der Waals surface area contributed by atoms with Gasteiger partial charge in [0.2, 0.25) is 0 Å². The van der Waals surface area contributed by atoms with Crippen LogP contribution in [-0.4, -0.2) is 27.8 Å². The first kappa shape index (κ1) is 10.7. The lowest BCUT2D eigenvalue weighted by Crippen LogP contribution is -2.26. The summed E-state index contributed by atoms with van der Waals surface area (Å²) < 4.78 is 0. The van der Waals surface area contributed by atoms with E-state index in [1.54, 1.807) is 12.1 Å². The lowest BCUT2D eigenvalue weighted by atomic mass is 10.1. The molecule has 0 atom stereocenters. The molecule has 0 saturated heterocycles. The van der Waals surface area contributed by atoms with Gasteiger partial charge in [0, 0.05) is 5.56 Å². The second kappa shape index (κ2) is 4.36. The van der Waals surface area contributed by atoms with Crippen molar-refractivity contribution in [3.8, 4) is 0 Å². The summed E-state index contributed by atoms with van der Waals surface area (Å²) in [6, 6.07) is 6.37. The van der Waals surface area contributed by atoms with Crippen molar-refractivity contribution < 1.29 is 14.7 Å². The number of carboxylic acid groups (broad SMARTS) is 1. The zero-order valence-electron chi connectivity index (χ0n) is 8.14. The Bertz CT molecular complexity index is 467. The average Bonchev–Trinajstić information content (AvgIpc) is 2.30. The van der Waals surface area contributed by atoms with E-state index < -0.39 is 5.97 Å². The Morgan fingerprint density at radius 2 is 2.06 bits per heavy atom. The third-order valence-electron chi connectivity index (χ3n) is 2.00. The highest BCUT2D eigenvalue weighted by atomic mass is 32.2. The number of aromatic carboxylic acids is 1. The van der Waals surface area contributed by atoms with Crippen molar-refractivity contribution in [2.75, 3.05) is 5.75 Å². The molecule has 1 amide bonds. The highest BCUT2D eigenvalue weighted by Crippen LogP contribution is 2.16. The molecule has 1 heterocycles. The fraction of sp³-hybridized carbons (Fsp3) is 0.100. The van der Waals surface area contributed by atoms with Crippen LogP contribution in [0.1, 0.15) is 15.9 Å². The molecule has 0 radical (unpaired) electrons. The van der Waals surface area contributed by atoms with E-state index in [0.29, 0.717) is 10.8 Å². The van der Waals surface area contributed by atoms with Gasteiger partial charge in [-0.05, 0) is 12.1 Å². The number of hydrogen-bond acceptors (Lipinski definition) is 4. The number of hydrogen-bond donors (Lipinski definition) is 2. The lowest BCUT2D eigenvalue weighted by molar-refractivity contribution is -0.118. The minimum absolute atomic E-state index is 0.129. The molecule has 0 unspecified atom stereocenters. The van der Waals surface area contributed by atoms with Crippen LogP contribution >= 0.6 is 11.8 Å². The maximum absolute atomic E-state index is 10.9. The predicted molar refractivity (Wildman–Crippen MR) is 60.5 cm³/mol. The van der Waals surface area contributed by atoms with Crippen molar-refractivity contribution in [1.29, 1.82) is 0 Å². The fourth-order valence-corrected chi connectivity index (χ4v) is 1.96. The normalized spacial score (nSPS) is 15.2. The molecular weight excluding hydrogens is 228 g/mol. The third kappa shape index (κ3) is 2.22. The number of amides is 1. The molecule has 2 rings (SSSR count). The van der Waals surface area contributed by atoms with Crippen molar-refractivity contribution in [2.24, 2.45) is 5.10 Å². The first-order valence-corrected chi connectivity index (χ1v) is 5.48. The zero-order valence-corrected chi connectivity index (χ0v) is 8.95. The van der Waals surface area contributed by atoms with Crippen LogP contribution in [0.25, 0.3) is 0 Å². The van der Waals surface area contributed by atoms with E-state index in [1.807, 2.05) is 0 Å². The Morgan fingerprint density at radius 3 is 2.56 bits per heavy atom. The Balaban J connectivity index is 2.22.